The third-order valence-electron chi connectivity index (χ3n) is 1.84. The van der Waals surface area contributed by atoms with E-state index >= 15 is 0 Å². The quantitative estimate of drug-likeness (QED) is 0.332. The fourth-order valence-corrected chi connectivity index (χ4v) is 1.25. The van der Waals surface area contributed by atoms with Gasteiger partial charge in [0.1, 0.15) is 5.60 Å². The molecule has 0 aromatic carbocycles. The fraction of sp³-hybridized carbons (Fsp3) is 0.923. The maximum absolute atomic E-state index is 11.3. The van der Waals surface area contributed by atoms with Crippen LogP contribution in [0, 0.1) is 0 Å². The first-order valence-corrected chi connectivity index (χ1v) is 7.00. The van der Waals surface area contributed by atoms with E-state index in [1.54, 1.807) is 0 Å². The number of carbonyl (C=O) groups excluding carboxylic acids is 1. The Morgan fingerprint density at radius 1 is 0.895 bits per heavy atom. The van der Waals surface area contributed by atoms with Gasteiger partial charge < -0.3 is 18.9 Å². The van der Waals surface area contributed by atoms with E-state index in [4.69, 9.17) is 30.5 Å². The van der Waals surface area contributed by atoms with E-state index in [9.17, 15) is 4.79 Å². The highest BCUT2D eigenvalue weighted by Gasteiger charge is 2.15. The first-order chi connectivity index (χ1) is 8.95. The van der Waals surface area contributed by atoms with Gasteiger partial charge in [-0.15, -0.1) is 11.6 Å². The Balaban J connectivity index is 3.21. The summed E-state index contributed by atoms with van der Waals surface area (Å²) < 4.78 is 20.8. The van der Waals surface area contributed by atoms with Gasteiger partial charge in [0, 0.05) is 5.88 Å². The Bertz CT molecular complexity index is 228. The van der Waals surface area contributed by atoms with Crippen molar-refractivity contribution < 1.29 is 23.7 Å². The predicted octanol–water partition coefficient (Wildman–Crippen LogP) is 2.01. The summed E-state index contributed by atoms with van der Waals surface area (Å²) >= 11 is 5.44. The third-order valence-corrected chi connectivity index (χ3v) is 1.99. The highest BCUT2D eigenvalue weighted by Crippen LogP contribution is 2.07. The topological polar surface area (TPSA) is 54.0 Å². The number of hydrogen-bond acceptors (Lipinski definition) is 5. The van der Waals surface area contributed by atoms with Crippen LogP contribution in [-0.2, 0) is 23.7 Å². The van der Waals surface area contributed by atoms with E-state index in [0.29, 0.717) is 45.5 Å². The Hall–Kier alpha value is -0.360. The van der Waals surface area contributed by atoms with Crippen molar-refractivity contribution in [1.82, 2.24) is 0 Å². The van der Waals surface area contributed by atoms with Crippen LogP contribution >= 0.6 is 11.6 Å². The lowest BCUT2D eigenvalue weighted by Gasteiger charge is -2.19. The van der Waals surface area contributed by atoms with Crippen molar-refractivity contribution in [3.8, 4) is 0 Å². The van der Waals surface area contributed by atoms with Crippen LogP contribution in [0.1, 0.15) is 27.2 Å². The molecule has 0 unspecified atom stereocenters. The molecule has 0 bridgehead atoms. The summed E-state index contributed by atoms with van der Waals surface area (Å²) in [7, 11) is 0. The summed E-state index contributed by atoms with van der Waals surface area (Å²) in [6, 6.07) is 0. The van der Waals surface area contributed by atoms with E-state index in [-0.39, 0.29) is 12.4 Å². The van der Waals surface area contributed by atoms with Crippen LogP contribution in [0.25, 0.3) is 0 Å². The van der Waals surface area contributed by atoms with E-state index in [0.717, 1.165) is 0 Å². The molecule has 6 heteroatoms. The summed E-state index contributed by atoms with van der Waals surface area (Å²) in [6.07, 6.45) is 0.260. The molecule has 0 N–H and O–H groups in total. The molecule has 0 spiro atoms. The van der Waals surface area contributed by atoms with Crippen LogP contribution in [-0.4, -0.2) is 57.1 Å². The highest BCUT2D eigenvalue weighted by atomic mass is 35.5. The van der Waals surface area contributed by atoms with Gasteiger partial charge >= 0.3 is 5.97 Å². The summed E-state index contributed by atoms with van der Waals surface area (Å²) in [6.45, 7) is 8.40. The third kappa shape index (κ3) is 15.6. The van der Waals surface area contributed by atoms with Gasteiger partial charge in [-0.3, -0.25) is 4.79 Å². The minimum Gasteiger partial charge on any atom is -0.460 e. The molecule has 0 rings (SSSR count). The first-order valence-electron chi connectivity index (χ1n) is 6.47. The summed E-state index contributed by atoms with van der Waals surface area (Å²) in [5.74, 6) is 0.247. The summed E-state index contributed by atoms with van der Waals surface area (Å²) in [5.41, 5.74) is -0.441. The van der Waals surface area contributed by atoms with Crippen molar-refractivity contribution in [3.63, 3.8) is 0 Å². The highest BCUT2D eigenvalue weighted by molar-refractivity contribution is 6.17. The number of carbonyl (C=O) groups is 1. The molecule has 0 fully saturated rings. The lowest BCUT2D eigenvalue weighted by atomic mass is 10.2. The Labute approximate surface area is 120 Å². The van der Waals surface area contributed by atoms with E-state index in [1.807, 2.05) is 20.8 Å². The summed E-state index contributed by atoms with van der Waals surface area (Å²) in [4.78, 5) is 11.3. The smallest absolute Gasteiger partial charge is 0.308 e. The van der Waals surface area contributed by atoms with Gasteiger partial charge in [0.2, 0.25) is 0 Å². The van der Waals surface area contributed by atoms with Crippen LogP contribution < -0.4 is 0 Å². The van der Waals surface area contributed by atoms with Crippen LogP contribution in [0.5, 0.6) is 0 Å². The Morgan fingerprint density at radius 2 is 1.37 bits per heavy atom. The van der Waals surface area contributed by atoms with Gasteiger partial charge in [-0.1, -0.05) is 0 Å². The van der Waals surface area contributed by atoms with E-state index < -0.39 is 5.60 Å². The van der Waals surface area contributed by atoms with Gasteiger partial charge in [-0.2, -0.15) is 0 Å². The molecule has 0 amide bonds. The lowest BCUT2D eigenvalue weighted by Crippen LogP contribution is -2.24. The normalized spacial score (nSPS) is 11.6. The second-order valence-electron chi connectivity index (χ2n) is 4.86. The van der Waals surface area contributed by atoms with Gasteiger partial charge in [0.05, 0.1) is 46.1 Å². The van der Waals surface area contributed by atoms with Gasteiger partial charge in [0.15, 0.2) is 0 Å². The molecule has 19 heavy (non-hydrogen) atoms. The molecule has 0 saturated heterocycles. The minimum atomic E-state index is -0.441. The van der Waals surface area contributed by atoms with Gasteiger partial charge in [-0.05, 0) is 20.8 Å². The molecule has 0 heterocycles. The van der Waals surface area contributed by atoms with Crippen molar-refractivity contribution in [3.05, 3.63) is 0 Å². The maximum Gasteiger partial charge on any atom is 0.308 e. The molecular formula is C13H25ClO5. The summed E-state index contributed by atoms with van der Waals surface area (Å²) in [5, 5.41) is 0. The molecule has 0 aromatic rings. The molecular weight excluding hydrogens is 272 g/mol. The second-order valence-corrected chi connectivity index (χ2v) is 5.24. The zero-order valence-electron chi connectivity index (χ0n) is 12.1. The van der Waals surface area contributed by atoms with E-state index in [2.05, 4.69) is 0 Å². The maximum atomic E-state index is 11.3. The molecule has 0 aliphatic carbocycles. The van der Waals surface area contributed by atoms with Crippen LogP contribution in [0.3, 0.4) is 0 Å². The van der Waals surface area contributed by atoms with E-state index in [1.165, 1.54) is 0 Å². The number of alkyl halides is 1. The average molecular weight is 297 g/mol. The number of ether oxygens (including phenoxy) is 4. The number of esters is 1. The number of rotatable bonds is 11. The van der Waals surface area contributed by atoms with Crippen LogP contribution in [0.15, 0.2) is 0 Å². The largest absolute Gasteiger partial charge is 0.460 e. The van der Waals surface area contributed by atoms with Crippen molar-refractivity contribution in [2.24, 2.45) is 0 Å². The zero-order chi connectivity index (χ0) is 14.6. The Kier molecular flexibility index (Phi) is 11.2. The molecule has 5 nitrogen and oxygen atoms in total. The van der Waals surface area contributed by atoms with Gasteiger partial charge in [-0.25, -0.2) is 0 Å². The SMILES string of the molecule is CC(C)(C)OC(=O)CCOCCOCCOCCCl. The Morgan fingerprint density at radius 3 is 1.84 bits per heavy atom. The molecule has 0 aliphatic heterocycles. The van der Waals surface area contributed by atoms with Crippen LogP contribution in [0.4, 0.5) is 0 Å². The number of halogens is 1. The first kappa shape index (κ1) is 18.6. The molecule has 0 atom stereocenters. The van der Waals surface area contributed by atoms with Crippen molar-refractivity contribution >= 4 is 17.6 Å². The van der Waals surface area contributed by atoms with Crippen molar-refractivity contribution in [2.45, 2.75) is 32.8 Å². The molecule has 0 aromatic heterocycles. The lowest BCUT2D eigenvalue weighted by molar-refractivity contribution is -0.156. The predicted molar refractivity (Wildman–Crippen MR) is 73.6 cm³/mol. The molecule has 114 valence electrons. The number of hydrogen-bond donors (Lipinski definition) is 0. The van der Waals surface area contributed by atoms with Crippen molar-refractivity contribution in [2.75, 3.05) is 45.5 Å². The average Bonchev–Trinajstić information content (AvgIpc) is 2.29. The monoisotopic (exact) mass is 296 g/mol. The molecule has 0 aliphatic rings. The van der Waals surface area contributed by atoms with Crippen LogP contribution in [0.2, 0.25) is 0 Å². The van der Waals surface area contributed by atoms with Crippen molar-refractivity contribution in [1.29, 1.82) is 0 Å². The van der Waals surface area contributed by atoms with Gasteiger partial charge in [0.25, 0.3) is 0 Å². The fourth-order valence-electron chi connectivity index (χ4n) is 1.14. The standard InChI is InChI=1S/C13H25ClO5/c1-13(2,3)19-12(15)4-6-16-8-10-18-11-9-17-7-5-14/h4-11H2,1-3H3. The zero-order valence-corrected chi connectivity index (χ0v) is 12.8. The molecule has 0 radical (unpaired) electrons. The minimum absolute atomic E-state index is 0.247. The second kappa shape index (κ2) is 11.5. The molecule has 0 saturated carbocycles.